The number of terminal acetylenes is 1. The monoisotopic (exact) mass is 81.0 g/mol. The first-order chi connectivity index (χ1) is 1.91. The third-order valence-corrected chi connectivity index (χ3v) is 0.204. The molecule has 0 unspecified atom stereocenters. The number of hydrogen-bond donors (Lipinski definition) is 0. The molecule has 0 aliphatic heterocycles. The van der Waals surface area contributed by atoms with Crippen molar-refractivity contribution in [1.29, 1.82) is 0 Å². The van der Waals surface area contributed by atoms with Crippen molar-refractivity contribution in [1.82, 2.24) is 0 Å². The first kappa shape index (κ1) is 8.92. The molecule has 0 aromatic carbocycles. The van der Waals surface area contributed by atoms with Crippen molar-refractivity contribution >= 4 is 17.4 Å². The van der Waals surface area contributed by atoms with Gasteiger partial charge in [0, 0.05) is 23.8 Å². The van der Waals surface area contributed by atoms with Gasteiger partial charge in [0.1, 0.15) is 0 Å². The van der Waals surface area contributed by atoms with Crippen LogP contribution in [0.1, 0.15) is 13.3 Å². The average Bonchev–Trinajstić information content (AvgIpc) is 1.37. The predicted octanol–water partition coefficient (Wildman–Crippen LogP) is 0.649. The van der Waals surface area contributed by atoms with E-state index in [1.807, 2.05) is 6.92 Å². The van der Waals surface area contributed by atoms with Crippen LogP contribution in [0.5, 0.6) is 0 Å². The molecule has 0 N–H and O–H groups in total. The van der Waals surface area contributed by atoms with Crippen LogP contribution >= 0.6 is 0 Å². The Morgan fingerprint density at radius 3 is 2.00 bits per heavy atom. The van der Waals surface area contributed by atoms with Crippen LogP contribution in [0.3, 0.4) is 0 Å². The highest BCUT2D eigenvalue weighted by molar-refractivity contribution is 5.75. The van der Waals surface area contributed by atoms with Crippen LogP contribution in [0.15, 0.2) is 0 Å². The van der Waals surface area contributed by atoms with Gasteiger partial charge in [-0.25, -0.2) is 0 Å². The van der Waals surface area contributed by atoms with Crippen LogP contribution in [-0.2, 0) is 0 Å². The summed E-state index contributed by atoms with van der Waals surface area (Å²) in [7, 11) is 0. The fraction of sp³-hybridized carbons (Fsp3) is 0.500. The van der Waals surface area contributed by atoms with E-state index in [2.05, 4.69) is 5.92 Å². The first-order valence-corrected chi connectivity index (χ1v) is 1.35. The van der Waals surface area contributed by atoms with Crippen molar-refractivity contribution in [2.75, 3.05) is 0 Å². The summed E-state index contributed by atoms with van der Waals surface area (Å²) < 4.78 is 0. The minimum atomic E-state index is 0. The molecule has 25 valence electrons. The highest BCUT2D eigenvalue weighted by Gasteiger charge is 1.43. The lowest BCUT2D eigenvalue weighted by Gasteiger charge is -1.52. The van der Waals surface area contributed by atoms with Gasteiger partial charge in [0.2, 0.25) is 0 Å². The lowest BCUT2D eigenvalue weighted by molar-refractivity contribution is 1.28. The fourth-order valence-electron chi connectivity index (χ4n) is 0. The van der Waals surface area contributed by atoms with Crippen LogP contribution in [0.4, 0.5) is 0 Å². The Labute approximate surface area is 43.7 Å². The van der Waals surface area contributed by atoms with Crippen molar-refractivity contribution in [3.63, 3.8) is 0 Å². The summed E-state index contributed by atoms with van der Waals surface area (Å²) in [5.74, 6) is 2.43. The molecule has 0 atom stereocenters. The smallest absolute Gasteiger partial charge is 0.00576 e. The Kier molecular flexibility index (Phi) is 15.9. The van der Waals surface area contributed by atoms with E-state index in [-0.39, 0.29) is 17.4 Å². The van der Waals surface area contributed by atoms with Gasteiger partial charge in [-0.05, 0) is 0 Å². The molecular formula is C4H6Al. The minimum Gasteiger partial charge on any atom is -0.120 e. The van der Waals surface area contributed by atoms with E-state index in [0.29, 0.717) is 0 Å². The summed E-state index contributed by atoms with van der Waals surface area (Å²) in [4.78, 5) is 0. The third-order valence-electron chi connectivity index (χ3n) is 0.204. The molecule has 0 saturated heterocycles. The van der Waals surface area contributed by atoms with Gasteiger partial charge in [-0.3, -0.25) is 0 Å². The van der Waals surface area contributed by atoms with Crippen LogP contribution in [0.25, 0.3) is 0 Å². The van der Waals surface area contributed by atoms with Gasteiger partial charge in [-0.2, -0.15) is 0 Å². The fourth-order valence-corrected chi connectivity index (χ4v) is 0. The molecule has 0 amide bonds. The van der Waals surface area contributed by atoms with Gasteiger partial charge >= 0.3 is 0 Å². The maximum Gasteiger partial charge on any atom is 0.00576 e. The van der Waals surface area contributed by atoms with Crippen LogP contribution in [0, 0.1) is 12.3 Å². The third kappa shape index (κ3) is 15.0. The maximum absolute atomic E-state index is 4.78. The van der Waals surface area contributed by atoms with Crippen LogP contribution in [0.2, 0.25) is 0 Å². The van der Waals surface area contributed by atoms with E-state index in [1.54, 1.807) is 0 Å². The average molecular weight is 81.1 g/mol. The summed E-state index contributed by atoms with van der Waals surface area (Å²) in [6.45, 7) is 1.94. The molecule has 0 spiro atoms. The summed E-state index contributed by atoms with van der Waals surface area (Å²) >= 11 is 0. The number of rotatable bonds is 0. The summed E-state index contributed by atoms with van der Waals surface area (Å²) in [5.41, 5.74) is 0. The van der Waals surface area contributed by atoms with E-state index in [0.717, 1.165) is 6.42 Å². The Hall–Kier alpha value is 0.0925. The van der Waals surface area contributed by atoms with Gasteiger partial charge < -0.3 is 0 Å². The summed E-state index contributed by atoms with van der Waals surface area (Å²) in [6, 6.07) is 0. The van der Waals surface area contributed by atoms with E-state index in [1.165, 1.54) is 0 Å². The van der Waals surface area contributed by atoms with Crippen LogP contribution in [-0.4, -0.2) is 17.4 Å². The number of hydrogen-bond acceptors (Lipinski definition) is 0. The molecule has 3 radical (unpaired) electrons. The lowest BCUT2D eigenvalue weighted by atomic mass is 10.5. The van der Waals surface area contributed by atoms with Crippen molar-refractivity contribution < 1.29 is 0 Å². The molecule has 0 saturated carbocycles. The van der Waals surface area contributed by atoms with Gasteiger partial charge in [-0.15, -0.1) is 12.3 Å². The molecule has 5 heavy (non-hydrogen) atoms. The van der Waals surface area contributed by atoms with Gasteiger partial charge in [0.25, 0.3) is 0 Å². The molecule has 1 heteroatoms. The van der Waals surface area contributed by atoms with Crippen molar-refractivity contribution in [3.05, 3.63) is 0 Å². The summed E-state index contributed by atoms with van der Waals surface area (Å²) in [6.07, 6.45) is 5.62. The Balaban J connectivity index is 0. The zero-order valence-electron chi connectivity index (χ0n) is 3.36. The highest BCUT2D eigenvalue weighted by atomic mass is 27.0. The molecular weight excluding hydrogens is 75.0 g/mol. The predicted molar refractivity (Wildman–Crippen MR) is 24.9 cm³/mol. The maximum atomic E-state index is 4.78. The molecule has 0 bridgehead atoms. The highest BCUT2D eigenvalue weighted by Crippen LogP contribution is 1.58. The Bertz CT molecular complexity index is 33.4. The van der Waals surface area contributed by atoms with E-state index < -0.39 is 0 Å². The molecule has 0 aliphatic carbocycles. The van der Waals surface area contributed by atoms with Gasteiger partial charge in [-0.1, -0.05) is 6.92 Å². The van der Waals surface area contributed by atoms with Crippen LogP contribution < -0.4 is 0 Å². The minimum absolute atomic E-state index is 0. The second-order valence-electron chi connectivity index (χ2n) is 0.558. The van der Waals surface area contributed by atoms with Crippen molar-refractivity contribution in [2.24, 2.45) is 0 Å². The Morgan fingerprint density at radius 1 is 1.80 bits per heavy atom. The Morgan fingerprint density at radius 2 is 2.00 bits per heavy atom. The molecule has 0 aliphatic rings. The quantitative estimate of drug-likeness (QED) is 0.296. The second-order valence-corrected chi connectivity index (χ2v) is 0.558. The first-order valence-electron chi connectivity index (χ1n) is 1.35. The lowest BCUT2D eigenvalue weighted by Crippen LogP contribution is -1.38. The van der Waals surface area contributed by atoms with Gasteiger partial charge in [0.05, 0.1) is 0 Å². The largest absolute Gasteiger partial charge is 0.120 e. The van der Waals surface area contributed by atoms with Crippen molar-refractivity contribution in [3.8, 4) is 12.3 Å². The zero-order chi connectivity index (χ0) is 3.41. The molecule has 0 aromatic rings. The zero-order valence-corrected chi connectivity index (χ0v) is 4.52. The molecule has 0 aromatic heterocycles. The summed E-state index contributed by atoms with van der Waals surface area (Å²) in [5, 5.41) is 0. The normalized spacial score (nSPS) is 4.00. The van der Waals surface area contributed by atoms with E-state index in [4.69, 9.17) is 6.42 Å². The van der Waals surface area contributed by atoms with E-state index >= 15 is 0 Å². The molecule has 0 nitrogen and oxygen atoms in total. The van der Waals surface area contributed by atoms with Crippen molar-refractivity contribution in [2.45, 2.75) is 13.3 Å². The molecule has 0 heterocycles. The second kappa shape index (κ2) is 8.94. The molecule has 0 rings (SSSR count). The molecule has 0 fully saturated rings. The van der Waals surface area contributed by atoms with Gasteiger partial charge in [0.15, 0.2) is 0 Å². The standard InChI is InChI=1S/C4H6.Al/c1-3-4-2;/h1H,4H2,2H3;. The topological polar surface area (TPSA) is 0 Å². The van der Waals surface area contributed by atoms with E-state index in [9.17, 15) is 0 Å². The SMILES string of the molecule is C#CCC.[Al].